The van der Waals surface area contributed by atoms with Crippen LogP contribution in [0.15, 0.2) is 35.7 Å². The van der Waals surface area contributed by atoms with Crippen LogP contribution in [0, 0.1) is 0 Å². The summed E-state index contributed by atoms with van der Waals surface area (Å²) in [5.41, 5.74) is 1.28. The van der Waals surface area contributed by atoms with Crippen molar-refractivity contribution >= 4 is 17.8 Å². The summed E-state index contributed by atoms with van der Waals surface area (Å²) in [4.78, 5) is 0. The van der Waals surface area contributed by atoms with Gasteiger partial charge in [-0.1, -0.05) is 44.2 Å². The fourth-order valence-electron chi connectivity index (χ4n) is 0.912. The molecule has 70 valence electrons. The Kier molecular flexibility index (Phi) is 4.69. The van der Waals surface area contributed by atoms with Crippen LogP contribution in [0.4, 0.5) is 0 Å². The normalized spacial score (nSPS) is 13.4. The van der Waals surface area contributed by atoms with E-state index in [0.717, 1.165) is 5.25 Å². The Morgan fingerprint density at radius 2 is 2.00 bits per heavy atom. The van der Waals surface area contributed by atoms with Gasteiger partial charge < -0.3 is 0 Å². The van der Waals surface area contributed by atoms with E-state index in [0.29, 0.717) is 0 Å². The van der Waals surface area contributed by atoms with Crippen molar-refractivity contribution in [1.29, 1.82) is 0 Å². The predicted molar refractivity (Wildman–Crippen MR) is 62.8 cm³/mol. The van der Waals surface area contributed by atoms with Crippen molar-refractivity contribution in [2.45, 2.75) is 25.5 Å². The molecule has 0 saturated carbocycles. The predicted octanol–water partition coefficient (Wildman–Crippen LogP) is 4.19. The molecule has 1 heteroatoms. The lowest BCUT2D eigenvalue weighted by Crippen LogP contribution is -1.88. The van der Waals surface area contributed by atoms with Crippen molar-refractivity contribution in [2.24, 2.45) is 0 Å². The molecular formula is C12H16S. The van der Waals surface area contributed by atoms with Crippen molar-refractivity contribution < 1.29 is 0 Å². The molecule has 1 rings (SSSR count). The number of thioether (sulfide) groups is 1. The molecule has 1 atom stereocenters. The molecule has 0 aromatic heterocycles. The molecule has 13 heavy (non-hydrogen) atoms. The highest BCUT2D eigenvalue weighted by Crippen LogP contribution is 2.16. The third-order valence-corrected chi connectivity index (χ3v) is 3.04. The van der Waals surface area contributed by atoms with E-state index >= 15 is 0 Å². The van der Waals surface area contributed by atoms with Crippen LogP contribution in [-0.2, 0) is 0 Å². The third kappa shape index (κ3) is 4.18. The Morgan fingerprint density at radius 3 is 2.62 bits per heavy atom. The van der Waals surface area contributed by atoms with Crippen LogP contribution < -0.4 is 0 Å². The zero-order chi connectivity index (χ0) is 9.52. The van der Waals surface area contributed by atoms with Gasteiger partial charge in [0.05, 0.1) is 0 Å². The van der Waals surface area contributed by atoms with Crippen molar-refractivity contribution in [3.05, 3.63) is 41.3 Å². The molecule has 0 heterocycles. The van der Waals surface area contributed by atoms with Gasteiger partial charge in [0.15, 0.2) is 0 Å². The summed E-state index contributed by atoms with van der Waals surface area (Å²) in [6, 6.07) is 10.4. The molecule has 0 saturated heterocycles. The SMILES string of the molecule is CCC(C)SC=Cc1ccccc1. The molecule has 0 aliphatic carbocycles. The summed E-state index contributed by atoms with van der Waals surface area (Å²) in [5.74, 6) is 0. The molecule has 0 amide bonds. The van der Waals surface area contributed by atoms with Crippen molar-refractivity contribution in [3.63, 3.8) is 0 Å². The quantitative estimate of drug-likeness (QED) is 0.689. The van der Waals surface area contributed by atoms with E-state index in [4.69, 9.17) is 0 Å². The minimum Gasteiger partial charge on any atom is -0.131 e. The third-order valence-electron chi connectivity index (χ3n) is 1.95. The average Bonchev–Trinajstić information content (AvgIpc) is 2.19. The van der Waals surface area contributed by atoms with Crippen LogP contribution >= 0.6 is 11.8 Å². The molecule has 0 spiro atoms. The number of benzene rings is 1. The van der Waals surface area contributed by atoms with E-state index in [-0.39, 0.29) is 0 Å². The molecule has 1 unspecified atom stereocenters. The first-order valence-corrected chi connectivity index (χ1v) is 5.64. The van der Waals surface area contributed by atoms with Gasteiger partial charge in [0.2, 0.25) is 0 Å². The van der Waals surface area contributed by atoms with Gasteiger partial charge in [0, 0.05) is 5.25 Å². The lowest BCUT2D eigenvalue weighted by Gasteiger charge is -2.01. The highest BCUT2D eigenvalue weighted by molar-refractivity contribution is 8.02. The molecule has 0 bridgehead atoms. The number of rotatable bonds is 4. The van der Waals surface area contributed by atoms with Crippen molar-refractivity contribution in [3.8, 4) is 0 Å². The standard InChI is InChI=1S/C12H16S/c1-3-11(2)13-10-9-12-7-5-4-6-8-12/h4-11H,3H2,1-2H3. The summed E-state index contributed by atoms with van der Waals surface area (Å²) in [6.07, 6.45) is 3.39. The van der Waals surface area contributed by atoms with E-state index in [1.165, 1.54) is 12.0 Å². The molecule has 0 aliphatic rings. The Bertz CT molecular complexity index is 251. The first-order valence-electron chi connectivity index (χ1n) is 4.70. The zero-order valence-corrected chi connectivity index (χ0v) is 9.05. The fraction of sp³-hybridized carbons (Fsp3) is 0.333. The molecule has 0 radical (unpaired) electrons. The van der Waals surface area contributed by atoms with Crippen LogP contribution in [0.3, 0.4) is 0 Å². The average molecular weight is 192 g/mol. The van der Waals surface area contributed by atoms with Crippen LogP contribution in [0.2, 0.25) is 0 Å². The first-order chi connectivity index (χ1) is 6.33. The van der Waals surface area contributed by atoms with Crippen LogP contribution in [-0.4, -0.2) is 5.25 Å². The topological polar surface area (TPSA) is 0 Å². The molecule has 1 aromatic rings. The summed E-state index contributed by atoms with van der Waals surface area (Å²) in [6.45, 7) is 4.47. The monoisotopic (exact) mass is 192 g/mol. The van der Waals surface area contributed by atoms with Gasteiger partial charge in [-0.2, -0.15) is 0 Å². The Labute approximate surface area is 85.1 Å². The molecule has 1 aromatic carbocycles. The van der Waals surface area contributed by atoms with Crippen molar-refractivity contribution in [1.82, 2.24) is 0 Å². The van der Waals surface area contributed by atoms with Crippen molar-refractivity contribution in [2.75, 3.05) is 0 Å². The Hall–Kier alpha value is -0.690. The maximum atomic E-state index is 2.25. The van der Waals surface area contributed by atoms with Gasteiger partial charge in [-0.25, -0.2) is 0 Å². The number of hydrogen-bond donors (Lipinski definition) is 0. The minimum absolute atomic E-state index is 0.722. The smallest absolute Gasteiger partial charge is 0.00575 e. The van der Waals surface area contributed by atoms with Gasteiger partial charge in [0.1, 0.15) is 0 Å². The van der Waals surface area contributed by atoms with E-state index in [2.05, 4.69) is 49.6 Å². The molecule has 0 fully saturated rings. The van der Waals surface area contributed by atoms with E-state index in [1.54, 1.807) is 0 Å². The highest BCUT2D eigenvalue weighted by atomic mass is 32.2. The lowest BCUT2D eigenvalue weighted by atomic mass is 10.2. The molecule has 0 N–H and O–H groups in total. The summed E-state index contributed by atoms with van der Waals surface area (Å²) in [7, 11) is 0. The van der Waals surface area contributed by atoms with Gasteiger partial charge in [0.25, 0.3) is 0 Å². The summed E-state index contributed by atoms with van der Waals surface area (Å²) >= 11 is 1.89. The summed E-state index contributed by atoms with van der Waals surface area (Å²) in [5, 5.41) is 2.91. The number of hydrogen-bond acceptors (Lipinski definition) is 1. The fourth-order valence-corrected chi connectivity index (χ4v) is 1.61. The molecular weight excluding hydrogens is 176 g/mol. The van der Waals surface area contributed by atoms with E-state index in [9.17, 15) is 0 Å². The first kappa shape index (κ1) is 10.4. The maximum absolute atomic E-state index is 2.25. The molecule has 0 nitrogen and oxygen atoms in total. The van der Waals surface area contributed by atoms with E-state index in [1.807, 2.05) is 17.8 Å². The van der Waals surface area contributed by atoms with Crippen LogP contribution in [0.1, 0.15) is 25.8 Å². The maximum Gasteiger partial charge on any atom is 0.00575 e. The second-order valence-electron chi connectivity index (χ2n) is 3.07. The second-order valence-corrected chi connectivity index (χ2v) is 4.42. The summed E-state index contributed by atoms with van der Waals surface area (Å²) < 4.78 is 0. The zero-order valence-electron chi connectivity index (χ0n) is 8.23. The Balaban J connectivity index is 2.41. The van der Waals surface area contributed by atoms with Gasteiger partial charge in [-0.15, -0.1) is 11.8 Å². The highest BCUT2D eigenvalue weighted by Gasteiger charge is 1.93. The van der Waals surface area contributed by atoms with Crippen LogP contribution in [0.25, 0.3) is 6.08 Å². The lowest BCUT2D eigenvalue weighted by molar-refractivity contribution is 0.910. The Morgan fingerprint density at radius 1 is 1.31 bits per heavy atom. The van der Waals surface area contributed by atoms with E-state index < -0.39 is 0 Å². The minimum atomic E-state index is 0.722. The van der Waals surface area contributed by atoms with Gasteiger partial charge >= 0.3 is 0 Å². The molecule has 0 aliphatic heterocycles. The second kappa shape index (κ2) is 5.87. The largest absolute Gasteiger partial charge is 0.131 e. The van der Waals surface area contributed by atoms with Crippen LogP contribution in [0.5, 0.6) is 0 Å². The van der Waals surface area contributed by atoms with Gasteiger partial charge in [-0.3, -0.25) is 0 Å². The van der Waals surface area contributed by atoms with Gasteiger partial charge in [-0.05, 0) is 23.5 Å².